The largest absolute Gasteiger partial charge is 0.477 e. The molecule has 0 spiro atoms. The van der Waals surface area contributed by atoms with E-state index in [4.69, 9.17) is 13.9 Å². The van der Waals surface area contributed by atoms with Crippen molar-refractivity contribution in [2.45, 2.75) is 20.0 Å². The quantitative estimate of drug-likeness (QED) is 0.647. The van der Waals surface area contributed by atoms with E-state index in [1.54, 1.807) is 30.7 Å². The average molecular weight is 374 g/mol. The highest BCUT2D eigenvalue weighted by Crippen LogP contribution is 2.43. The van der Waals surface area contributed by atoms with Crippen molar-refractivity contribution >= 4 is 11.9 Å². The van der Waals surface area contributed by atoms with Gasteiger partial charge in [0.15, 0.2) is 5.76 Å². The molecular formula is C22H18N2O4. The minimum absolute atomic E-state index is 0.140. The lowest BCUT2D eigenvalue weighted by Gasteiger charge is -2.30. The van der Waals surface area contributed by atoms with E-state index in [9.17, 15) is 4.79 Å². The first-order valence-corrected chi connectivity index (χ1v) is 9.08. The lowest BCUT2D eigenvalue weighted by Crippen LogP contribution is -2.32. The van der Waals surface area contributed by atoms with Gasteiger partial charge in [-0.05, 0) is 37.3 Å². The van der Waals surface area contributed by atoms with Crippen LogP contribution in [-0.2, 0) is 13.1 Å². The number of carbonyl (C=O) groups excluding carboxylic acids is 1. The molecule has 0 saturated carbocycles. The third-order valence-electron chi connectivity index (χ3n) is 4.93. The summed E-state index contributed by atoms with van der Waals surface area (Å²) in [7, 11) is 0. The first kappa shape index (κ1) is 16.8. The van der Waals surface area contributed by atoms with Crippen LogP contribution in [0.5, 0.6) is 11.5 Å². The summed E-state index contributed by atoms with van der Waals surface area (Å²) < 4.78 is 17.2. The number of benzene rings is 1. The fourth-order valence-electron chi connectivity index (χ4n) is 3.62. The molecule has 28 heavy (non-hydrogen) atoms. The van der Waals surface area contributed by atoms with Crippen LogP contribution in [0.1, 0.15) is 32.9 Å². The van der Waals surface area contributed by atoms with Gasteiger partial charge in [-0.1, -0.05) is 6.07 Å². The van der Waals surface area contributed by atoms with Crippen LogP contribution in [-0.4, -0.2) is 22.4 Å². The monoisotopic (exact) mass is 374 g/mol. The number of ketones is 1. The number of furan rings is 1. The summed E-state index contributed by atoms with van der Waals surface area (Å²) in [6.45, 7) is 3.76. The summed E-state index contributed by atoms with van der Waals surface area (Å²) in [6, 6.07) is 11.3. The molecule has 1 aromatic carbocycles. The van der Waals surface area contributed by atoms with Gasteiger partial charge in [-0.3, -0.25) is 14.7 Å². The van der Waals surface area contributed by atoms with Gasteiger partial charge in [-0.15, -0.1) is 0 Å². The van der Waals surface area contributed by atoms with Crippen molar-refractivity contribution in [3.8, 4) is 11.5 Å². The van der Waals surface area contributed by atoms with E-state index < -0.39 is 0 Å². The number of hydrogen-bond donors (Lipinski definition) is 0. The standard InChI is InChI=1S/C22H18N2O4/c1-14-21-15(11-24(13-27-21)12-16-5-2-3-7-23-16)9-18-20(25)19(28-22(14)18)10-17-6-4-8-26-17/h2-10H,11-13H2,1H3/b19-10-. The third-order valence-corrected chi connectivity index (χ3v) is 4.93. The Morgan fingerprint density at radius 2 is 2.14 bits per heavy atom. The highest BCUT2D eigenvalue weighted by Gasteiger charge is 2.33. The van der Waals surface area contributed by atoms with E-state index in [1.165, 1.54) is 0 Å². The normalized spacial score (nSPS) is 17.2. The highest BCUT2D eigenvalue weighted by atomic mass is 16.5. The van der Waals surface area contributed by atoms with Gasteiger partial charge in [0.25, 0.3) is 0 Å². The first-order valence-electron chi connectivity index (χ1n) is 9.08. The molecule has 0 unspecified atom stereocenters. The summed E-state index contributed by atoms with van der Waals surface area (Å²) in [6.07, 6.45) is 4.97. The molecule has 5 rings (SSSR count). The van der Waals surface area contributed by atoms with Gasteiger partial charge in [0.1, 0.15) is 24.0 Å². The van der Waals surface area contributed by atoms with Gasteiger partial charge in [-0.2, -0.15) is 0 Å². The van der Waals surface area contributed by atoms with Gasteiger partial charge in [-0.25, -0.2) is 0 Å². The fraction of sp³-hybridized carbons (Fsp3) is 0.182. The lowest BCUT2D eigenvalue weighted by atomic mass is 10.00. The number of allylic oxidation sites excluding steroid dienone is 1. The molecule has 0 saturated heterocycles. The second-order valence-corrected chi connectivity index (χ2v) is 6.90. The second kappa shape index (κ2) is 6.65. The Bertz CT molecular complexity index is 1070. The van der Waals surface area contributed by atoms with Crippen molar-refractivity contribution in [1.29, 1.82) is 0 Å². The van der Waals surface area contributed by atoms with E-state index in [1.807, 2.05) is 31.2 Å². The minimum Gasteiger partial charge on any atom is -0.477 e. The minimum atomic E-state index is -0.140. The van der Waals surface area contributed by atoms with Crippen molar-refractivity contribution < 1.29 is 18.7 Å². The summed E-state index contributed by atoms with van der Waals surface area (Å²) in [5, 5.41) is 0. The van der Waals surface area contributed by atoms with E-state index in [2.05, 4.69) is 9.88 Å². The number of hydrogen-bond acceptors (Lipinski definition) is 6. The van der Waals surface area contributed by atoms with Crippen molar-refractivity contribution in [2.24, 2.45) is 0 Å². The number of Topliss-reactive ketones (excluding diaryl/α,β-unsaturated/α-hetero) is 1. The molecule has 0 N–H and O–H groups in total. The van der Waals surface area contributed by atoms with E-state index in [0.717, 1.165) is 22.6 Å². The zero-order chi connectivity index (χ0) is 19.1. The molecule has 0 aliphatic carbocycles. The molecule has 140 valence electrons. The molecule has 2 aromatic heterocycles. The van der Waals surface area contributed by atoms with Gasteiger partial charge < -0.3 is 13.9 Å². The van der Waals surface area contributed by atoms with E-state index in [-0.39, 0.29) is 11.5 Å². The lowest BCUT2D eigenvalue weighted by molar-refractivity contribution is 0.0865. The number of pyridine rings is 1. The van der Waals surface area contributed by atoms with Crippen LogP contribution in [0.25, 0.3) is 6.08 Å². The Morgan fingerprint density at radius 3 is 2.93 bits per heavy atom. The Hall–Kier alpha value is -3.38. The number of rotatable bonds is 3. The molecule has 6 nitrogen and oxygen atoms in total. The smallest absolute Gasteiger partial charge is 0.232 e. The second-order valence-electron chi connectivity index (χ2n) is 6.90. The number of nitrogens with zero attached hydrogens (tertiary/aromatic N) is 2. The molecule has 4 heterocycles. The van der Waals surface area contributed by atoms with Crippen LogP contribution < -0.4 is 9.47 Å². The van der Waals surface area contributed by atoms with Crippen LogP contribution in [0, 0.1) is 6.92 Å². The molecule has 0 amide bonds. The molecule has 6 heteroatoms. The topological polar surface area (TPSA) is 64.8 Å². The molecule has 0 atom stereocenters. The Labute approximate surface area is 162 Å². The molecule has 2 aliphatic rings. The maximum atomic E-state index is 12.8. The zero-order valence-electron chi connectivity index (χ0n) is 15.3. The average Bonchev–Trinajstić information content (AvgIpc) is 3.32. The third kappa shape index (κ3) is 2.88. The summed E-state index contributed by atoms with van der Waals surface area (Å²) >= 11 is 0. The number of ether oxygens (including phenoxy) is 2. The Balaban J connectivity index is 1.44. The van der Waals surface area contributed by atoms with E-state index >= 15 is 0 Å². The molecule has 0 fully saturated rings. The SMILES string of the molecule is Cc1c2c(cc3c1O/C(=C\c1ccco1)C3=O)CN(Cc1ccccn1)CO2. The van der Waals surface area contributed by atoms with Crippen LogP contribution in [0.15, 0.2) is 59.0 Å². The van der Waals surface area contributed by atoms with Crippen LogP contribution in [0.2, 0.25) is 0 Å². The van der Waals surface area contributed by atoms with Gasteiger partial charge in [0.05, 0.1) is 17.5 Å². The molecule has 0 bridgehead atoms. The Kier molecular flexibility index (Phi) is 3.98. The van der Waals surface area contributed by atoms with Crippen molar-refractivity contribution in [3.05, 3.63) is 82.8 Å². The fourth-order valence-corrected chi connectivity index (χ4v) is 3.62. The highest BCUT2D eigenvalue weighted by molar-refractivity contribution is 6.15. The summed E-state index contributed by atoms with van der Waals surface area (Å²) in [4.78, 5) is 19.4. The molecule has 0 radical (unpaired) electrons. The zero-order valence-corrected chi connectivity index (χ0v) is 15.3. The van der Waals surface area contributed by atoms with Gasteiger partial charge >= 0.3 is 0 Å². The summed E-state index contributed by atoms with van der Waals surface area (Å²) in [5.41, 5.74) is 3.38. The van der Waals surface area contributed by atoms with Gasteiger partial charge in [0, 0.05) is 36.5 Å². The van der Waals surface area contributed by atoms with E-state index in [0.29, 0.717) is 36.9 Å². The van der Waals surface area contributed by atoms with Crippen molar-refractivity contribution in [1.82, 2.24) is 9.88 Å². The van der Waals surface area contributed by atoms with Crippen LogP contribution >= 0.6 is 0 Å². The summed E-state index contributed by atoms with van der Waals surface area (Å²) in [5.74, 6) is 2.07. The maximum Gasteiger partial charge on any atom is 0.232 e. The van der Waals surface area contributed by atoms with Crippen molar-refractivity contribution in [2.75, 3.05) is 6.73 Å². The van der Waals surface area contributed by atoms with Crippen molar-refractivity contribution in [3.63, 3.8) is 0 Å². The molecular weight excluding hydrogens is 356 g/mol. The van der Waals surface area contributed by atoms with Crippen LogP contribution in [0.4, 0.5) is 0 Å². The Morgan fingerprint density at radius 1 is 1.21 bits per heavy atom. The predicted octanol–water partition coefficient (Wildman–Crippen LogP) is 3.95. The first-order chi connectivity index (χ1) is 13.7. The molecule has 3 aromatic rings. The van der Waals surface area contributed by atoms with Crippen LogP contribution in [0.3, 0.4) is 0 Å². The van der Waals surface area contributed by atoms with Gasteiger partial charge in [0.2, 0.25) is 5.78 Å². The number of aromatic nitrogens is 1. The number of carbonyl (C=O) groups is 1. The maximum absolute atomic E-state index is 12.8. The predicted molar refractivity (Wildman–Crippen MR) is 102 cm³/mol. The number of fused-ring (bicyclic) bond motifs is 2. The molecule has 2 aliphatic heterocycles.